The summed E-state index contributed by atoms with van der Waals surface area (Å²) in [5.74, 6) is -5.91. The Morgan fingerprint density at radius 2 is 1.10 bits per heavy atom. The van der Waals surface area contributed by atoms with Crippen molar-refractivity contribution in [2.24, 2.45) is 11.5 Å². The highest BCUT2D eigenvalue weighted by Crippen LogP contribution is 2.09. The van der Waals surface area contributed by atoms with Crippen molar-refractivity contribution in [1.82, 2.24) is 16.0 Å². The number of primary amides is 1. The second-order valence-corrected chi connectivity index (χ2v) is 9.11. The van der Waals surface area contributed by atoms with Crippen LogP contribution in [0.25, 0.3) is 0 Å². The van der Waals surface area contributed by atoms with E-state index in [1.54, 1.807) is 60.7 Å². The molecule has 0 bridgehead atoms. The molecule has 0 fully saturated rings. The van der Waals surface area contributed by atoms with Crippen LogP contribution in [0.3, 0.4) is 0 Å². The normalized spacial score (nSPS) is 13.6. The SMILES string of the molecule is NC(=O)CCC(NC(=O)C(Cc1ccccc1)NC(=O)C(Cc1ccccc1)NC(=O)C(N)CC(=O)O)C(=O)O. The van der Waals surface area contributed by atoms with Crippen molar-refractivity contribution >= 4 is 35.6 Å². The Balaban J connectivity index is 2.30. The summed E-state index contributed by atoms with van der Waals surface area (Å²) in [5.41, 5.74) is 12.1. The maximum atomic E-state index is 13.4. The monoisotopic (exact) mass is 555 g/mol. The fourth-order valence-electron chi connectivity index (χ4n) is 3.77. The van der Waals surface area contributed by atoms with Gasteiger partial charge in [-0.05, 0) is 17.5 Å². The van der Waals surface area contributed by atoms with Crippen molar-refractivity contribution in [1.29, 1.82) is 0 Å². The van der Waals surface area contributed by atoms with Crippen molar-refractivity contribution < 1.29 is 39.0 Å². The summed E-state index contributed by atoms with van der Waals surface area (Å²) in [6.45, 7) is 0. The summed E-state index contributed by atoms with van der Waals surface area (Å²) in [6, 6.07) is 11.9. The molecule has 0 heterocycles. The largest absolute Gasteiger partial charge is 0.481 e. The van der Waals surface area contributed by atoms with Gasteiger partial charge in [0.05, 0.1) is 12.5 Å². The van der Waals surface area contributed by atoms with E-state index < -0.39 is 66.2 Å². The zero-order valence-electron chi connectivity index (χ0n) is 21.6. The number of carbonyl (C=O) groups excluding carboxylic acids is 4. The third-order valence-corrected chi connectivity index (χ3v) is 5.86. The maximum absolute atomic E-state index is 13.4. The lowest BCUT2D eigenvalue weighted by Gasteiger charge is -2.25. The number of amides is 4. The Hall–Kier alpha value is -4.78. The molecule has 13 heteroatoms. The van der Waals surface area contributed by atoms with E-state index in [9.17, 15) is 33.9 Å². The number of hydrogen-bond donors (Lipinski definition) is 7. The molecule has 2 aromatic rings. The molecule has 40 heavy (non-hydrogen) atoms. The third kappa shape index (κ3) is 10.9. The summed E-state index contributed by atoms with van der Waals surface area (Å²) in [4.78, 5) is 73.0. The second-order valence-electron chi connectivity index (χ2n) is 9.11. The van der Waals surface area contributed by atoms with Gasteiger partial charge in [-0.25, -0.2) is 4.79 Å². The lowest BCUT2D eigenvalue weighted by atomic mass is 10.0. The molecular weight excluding hydrogens is 522 g/mol. The van der Waals surface area contributed by atoms with Crippen LogP contribution in [0, 0.1) is 0 Å². The highest BCUT2D eigenvalue weighted by atomic mass is 16.4. The summed E-state index contributed by atoms with van der Waals surface area (Å²) in [5, 5.41) is 25.8. The predicted octanol–water partition coefficient (Wildman–Crippen LogP) is -0.922. The molecule has 4 atom stereocenters. The van der Waals surface area contributed by atoms with E-state index in [4.69, 9.17) is 16.6 Å². The van der Waals surface area contributed by atoms with Gasteiger partial charge in [-0.15, -0.1) is 0 Å². The molecule has 0 aliphatic rings. The first-order valence-electron chi connectivity index (χ1n) is 12.4. The zero-order valence-corrected chi connectivity index (χ0v) is 21.6. The Morgan fingerprint density at radius 1 is 0.675 bits per heavy atom. The molecule has 0 saturated carbocycles. The summed E-state index contributed by atoms with van der Waals surface area (Å²) in [7, 11) is 0. The van der Waals surface area contributed by atoms with Gasteiger partial charge in [0.25, 0.3) is 0 Å². The Bertz CT molecular complexity index is 1190. The Labute approximate surface area is 230 Å². The molecule has 9 N–H and O–H groups in total. The molecule has 4 unspecified atom stereocenters. The van der Waals surface area contributed by atoms with Crippen LogP contribution >= 0.6 is 0 Å². The van der Waals surface area contributed by atoms with E-state index in [1.807, 2.05) is 0 Å². The smallest absolute Gasteiger partial charge is 0.326 e. The molecule has 0 radical (unpaired) electrons. The van der Waals surface area contributed by atoms with Crippen LogP contribution in [-0.2, 0) is 41.6 Å². The van der Waals surface area contributed by atoms with Crippen LogP contribution < -0.4 is 27.4 Å². The van der Waals surface area contributed by atoms with E-state index in [1.165, 1.54) is 0 Å². The van der Waals surface area contributed by atoms with Gasteiger partial charge in [0.1, 0.15) is 18.1 Å². The number of nitrogens with two attached hydrogens (primary N) is 2. The first kappa shape index (κ1) is 31.4. The van der Waals surface area contributed by atoms with E-state index in [0.717, 1.165) is 0 Å². The first-order valence-corrected chi connectivity index (χ1v) is 12.4. The lowest BCUT2D eigenvalue weighted by Crippen LogP contribution is -2.58. The molecule has 0 aliphatic carbocycles. The number of benzene rings is 2. The van der Waals surface area contributed by atoms with Crippen molar-refractivity contribution in [3.63, 3.8) is 0 Å². The minimum atomic E-state index is -1.44. The quantitative estimate of drug-likeness (QED) is 0.135. The molecule has 13 nitrogen and oxygen atoms in total. The van der Waals surface area contributed by atoms with Crippen LogP contribution in [0.2, 0.25) is 0 Å². The van der Waals surface area contributed by atoms with E-state index in [-0.39, 0.29) is 25.7 Å². The number of hydrogen-bond acceptors (Lipinski definition) is 7. The third-order valence-electron chi connectivity index (χ3n) is 5.86. The summed E-state index contributed by atoms with van der Waals surface area (Å²) in [6.07, 6.45) is -1.23. The average molecular weight is 556 g/mol. The van der Waals surface area contributed by atoms with Gasteiger partial charge in [0, 0.05) is 19.3 Å². The van der Waals surface area contributed by atoms with Gasteiger partial charge in [-0.3, -0.25) is 24.0 Å². The topological polar surface area (TPSA) is 231 Å². The first-order chi connectivity index (χ1) is 19.0. The molecule has 0 aliphatic heterocycles. The fourth-order valence-corrected chi connectivity index (χ4v) is 3.77. The highest BCUT2D eigenvalue weighted by molar-refractivity contribution is 5.95. The number of carboxylic acids is 2. The minimum Gasteiger partial charge on any atom is -0.481 e. The van der Waals surface area contributed by atoms with Gasteiger partial charge in [-0.1, -0.05) is 60.7 Å². The van der Waals surface area contributed by atoms with E-state index in [2.05, 4.69) is 16.0 Å². The van der Waals surface area contributed by atoms with Gasteiger partial charge in [0.2, 0.25) is 23.6 Å². The number of nitrogens with one attached hydrogen (secondary N) is 3. The number of aliphatic carboxylic acids is 2. The van der Waals surface area contributed by atoms with E-state index >= 15 is 0 Å². The van der Waals surface area contributed by atoms with Crippen LogP contribution in [-0.4, -0.2) is 69.9 Å². The number of carboxylic acid groups (broad SMARTS) is 2. The van der Waals surface area contributed by atoms with Crippen molar-refractivity contribution in [2.75, 3.05) is 0 Å². The molecular formula is C27H33N5O8. The highest BCUT2D eigenvalue weighted by Gasteiger charge is 2.31. The number of rotatable bonds is 16. The van der Waals surface area contributed by atoms with Crippen LogP contribution in [0.5, 0.6) is 0 Å². The van der Waals surface area contributed by atoms with Crippen LogP contribution in [0.4, 0.5) is 0 Å². The fraction of sp³-hybridized carbons (Fsp3) is 0.333. The second kappa shape index (κ2) is 15.6. The van der Waals surface area contributed by atoms with Crippen molar-refractivity contribution in [2.45, 2.75) is 56.3 Å². The van der Waals surface area contributed by atoms with Gasteiger partial charge in [0.15, 0.2) is 0 Å². The molecule has 4 amide bonds. The van der Waals surface area contributed by atoms with Gasteiger partial charge < -0.3 is 37.6 Å². The van der Waals surface area contributed by atoms with Gasteiger partial charge >= 0.3 is 11.9 Å². The average Bonchev–Trinajstić information content (AvgIpc) is 2.90. The molecule has 214 valence electrons. The molecule has 2 rings (SSSR count). The molecule has 0 aromatic heterocycles. The minimum absolute atomic E-state index is 0.00571. The zero-order chi connectivity index (χ0) is 29.7. The molecule has 2 aromatic carbocycles. The van der Waals surface area contributed by atoms with E-state index in [0.29, 0.717) is 11.1 Å². The molecule has 0 saturated heterocycles. The van der Waals surface area contributed by atoms with Crippen molar-refractivity contribution in [3.8, 4) is 0 Å². The van der Waals surface area contributed by atoms with Crippen LogP contribution in [0.15, 0.2) is 60.7 Å². The predicted molar refractivity (Wildman–Crippen MR) is 142 cm³/mol. The summed E-state index contributed by atoms with van der Waals surface area (Å²) < 4.78 is 0. The standard InChI is InChI=1S/C27H33N5O8/c28-18(15-23(34)35)24(36)31-20(13-16-7-3-1-4-8-16)26(38)32-21(14-17-9-5-2-6-10-17)25(37)30-19(27(39)40)11-12-22(29)33/h1-10,18-21H,11-15,28H2,(H2,29,33)(H,30,37)(H,31,36)(H,32,38)(H,34,35)(H,39,40). The van der Waals surface area contributed by atoms with Crippen molar-refractivity contribution in [3.05, 3.63) is 71.8 Å². The molecule has 0 spiro atoms. The Morgan fingerprint density at radius 3 is 1.50 bits per heavy atom. The maximum Gasteiger partial charge on any atom is 0.326 e. The number of carbonyl (C=O) groups is 6. The van der Waals surface area contributed by atoms with Gasteiger partial charge in [-0.2, -0.15) is 0 Å². The van der Waals surface area contributed by atoms with Crippen LogP contribution in [0.1, 0.15) is 30.4 Å². The lowest BCUT2D eigenvalue weighted by molar-refractivity contribution is -0.142. The Kier molecular flexibility index (Phi) is 12.3. The summed E-state index contributed by atoms with van der Waals surface area (Å²) >= 11 is 0.